The van der Waals surface area contributed by atoms with Gasteiger partial charge >= 0.3 is 6.61 Å². The minimum Gasteiger partial charge on any atom is -0.434 e. The molecule has 0 bridgehead atoms. The molecule has 0 atom stereocenters. The van der Waals surface area contributed by atoms with E-state index in [2.05, 4.69) is 4.74 Å². The third-order valence-electron chi connectivity index (χ3n) is 2.36. The number of carbonyl (C=O) groups excluding carboxylic acids is 1. The molecule has 1 aromatic carbocycles. The first-order valence-electron chi connectivity index (χ1n) is 5.82. The van der Waals surface area contributed by atoms with Crippen molar-refractivity contribution < 1.29 is 27.8 Å². The normalized spacial score (nSPS) is 11.6. The number of benzene rings is 1. The number of amides is 1. The van der Waals surface area contributed by atoms with Crippen LogP contribution in [0.15, 0.2) is 18.2 Å². The maximum Gasteiger partial charge on any atom is 0.387 e. The molecule has 0 spiro atoms. The topological polar surface area (TPSA) is 49.8 Å². The lowest BCUT2D eigenvalue weighted by Gasteiger charge is -2.26. The van der Waals surface area contributed by atoms with E-state index in [-0.39, 0.29) is 12.1 Å². The highest BCUT2D eigenvalue weighted by Gasteiger charge is 2.24. The van der Waals surface area contributed by atoms with Gasteiger partial charge in [-0.1, -0.05) is 0 Å². The molecule has 0 aliphatic rings. The summed E-state index contributed by atoms with van der Waals surface area (Å²) in [7, 11) is 1.40. The maximum absolute atomic E-state index is 13.0. The lowest BCUT2D eigenvalue weighted by molar-refractivity contribution is -0.0505. The van der Waals surface area contributed by atoms with Gasteiger partial charge in [0.25, 0.3) is 5.91 Å². The number of ether oxygens (including phenoxy) is 1. The molecule has 20 heavy (non-hydrogen) atoms. The van der Waals surface area contributed by atoms with Gasteiger partial charge < -0.3 is 14.7 Å². The van der Waals surface area contributed by atoms with Crippen molar-refractivity contribution in [3.8, 4) is 5.75 Å². The fourth-order valence-corrected chi connectivity index (χ4v) is 1.72. The van der Waals surface area contributed by atoms with Crippen molar-refractivity contribution in [2.75, 3.05) is 13.6 Å². The number of hydrogen-bond acceptors (Lipinski definition) is 3. The summed E-state index contributed by atoms with van der Waals surface area (Å²) in [6, 6.07) is 2.76. The van der Waals surface area contributed by atoms with Crippen LogP contribution in [0.1, 0.15) is 24.2 Å². The molecule has 112 valence electrons. The smallest absolute Gasteiger partial charge is 0.387 e. The van der Waals surface area contributed by atoms with Gasteiger partial charge in [0.2, 0.25) is 0 Å². The van der Waals surface area contributed by atoms with E-state index in [4.69, 9.17) is 0 Å². The van der Waals surface area contributed by atoms with Gasteiger partial charge in [-0.2, -0.15) is 8.78 Å². The Morgan fingerprint density at radius 2 is 2.05 bits per heavy atom. The van der Waals surface area contributed by atoms with Crippen LogP contribution >= 0.6 is 0 Å². The Labute approximate surface area is 114 Å². The van der Waals surface area contributed by atoms with Crippen LogP contribution in [-0.2, 0) is 0 Å². The van der Waals surface area contributed by atoms with E-state index < -0.39 is 29.7 Å². The summed E-state index contributed by atoms with van der Waals surface area (Å²) >= 11 is 0. The second kappa shape index (κ2) is 6.13. The number of likely N-dealkylation sites (N-methyl/N-ethyl adjacent to an activating group) is 1. The number of aliphatic hydroxyl groups is 1. The van der Waals surface area contributed by atoms with E-state index in [0.717, 1.165) is 23.1 Å². The molecule has 0 aromatic heterocycles. The van der Waals surface area contributed by atoms with E-state index in [1.165, 1.54) is 20.9 Å². The SMILES string of the molecule is CN(CC(C)(C)O)C(=O)c1ccc(F)cc1OC(F)F. The van der Waals surface area contributed by atoms with Crippen molar-refractivity contribution in [3.05, 3.63) is 29.6 Å². The molecule has 0 heterocycles. The van der Waals surface area contributed by atoms with E-state index in [1.54, 1.807) is 0 Å². The van der Waals surface area contributed by atoms with Crippen LogP contribution in [-0.4, -0.2) is 41.7 Å². The Morgan fingerprint density at radius 3 is 2.55 bits per heavy atom. The number of halogens is 3. The summed E-state index contributed by atoms with van der Waals surface area (Å²) in [6.07, 6.45) is 0. The van der Waals surface area contributed by atoms with Crippen LogP contribution in [0.2, 0.25) is 0 Å². The Hall–Kier alpha value is -1.76. The predicted octanol–water partition coefficient (Wildman–Crippen LogP) is 2.27. The minimum atomic E-state index is -3.16. The third kappa shape index (κ3) is 4.73. The first-order valence-corrected chi connectivity index (χ1v) is 5.82. The number of alkyl halides is 2. The quantitative estimate of drug-likeness (QED) is 0.905. The van der Waals surface area contributed by atoms with Gasteiger partial charge in [0.05, 0.1) is 11.2 Å². The third-order valence-corrected chi connectivity index (χ3v) is 2.36. The molecule has 0 aliphatic carbocycles. The highest BCUT2D eigenvalue weighted by atomic mass is 19.3. The first kappa shape index (κ1) is 16.3. The fourth-order valence-electron chi connectivity index (χ4n) is 1.72. The standard InChI is InChI=1S/C13H16F3NO3/c1-13(2,19)7-17(3)11(18)9-5-4-8(14)6-10(9)20-12(15)16/h4-6,12,19H,7H2,1-3H3. The molecule has 0 aliphatic heterocycles. The van der Waals surface area contributed by atoms with E-state index in [1.807, 2.05) is 0 Å². The summed E-state index contributed by atoms with van der Waals surface area (Å²) < 4.78 is 41.7. The molecule has 0 unspecified atom stereocenters. The highest BCUT2D eigenvalue weighted by Crippen LogP contribution is 2.23. The summed E-state index contributed by atoms with van der Waals surface area (Å²) in [5.74, 6) is -1.97. The zero-order valence-corrected chi connectivity index (χ0v) is 11.4. The van der Waals surface area contributed by atoms with Gasteiger partial charge in [-0.3, -0.25) is 4.79 Å². The summed E-state index contributed by atoms with van der Waals surface area (Å²) in [6.45, 7) is -0.184. The second-order valence-corrected chi connectivity index (χ2v) is 4.99. The monoisotopic (exact) mass is 291 g/mol. The molecule has 0 saturated heterocycles. The molecule has 1 aromatic rings. The molecular formula is C13H16F3NO3. The lowest BCUT2D eigenvalue weighted by atomic mass is 10.1. The average Bonchev–Trinajstić information content (AvgIpc) is 2.25. The van der Waals surface area contributed by atoms with Crippen LogP contribution in [0.5, 0.6) is 5.75 Å². The molecule has 0 fully saturated rings. The van der Waals surface area contributed by atoms with E-state index >= 15 is 0 Å². The Bertz CT molecular complexity index is 486. The van der Waals surface area contributed by atoms with Crippen molar-refractivity contribution in [3.63, 3.8) is 0 Å². The highest BCUT2D eigenvalue weighted by molar-refractivity contribution is 5.96. The lowest BCUT2D eigenvalue weighted by Crippen LogP contribution is -2.39. The van der Waals surface area contributed by atoms with Crippen LogP contribution in [0, 0.1) is 5.82 Å². The van der Waals surface area contributed by atoms with Crippen LogP contribution < -0.4 is 4.74 Å². The fraction of sp³-hybridized carbons (Fsp3) is 0.462. The summed E-state index contributed by atoms with van der Waals surface area (Å²) in [5, 5.41) is 9.64. The molecule has 0 radical (unpaired) electrons. The molecule has 7 heteroatoms. The van der Waals surface area contributed by atoms with E-state index in [9.17, 15) is 23.1 Å². The second-order valence-electron chi connectivity index (χ2n) is 4.99. The van der Waals surface area contributed by atoms with Crippen LogP contribution in [0.25, 0.3) is 0 Å². The largest absolute Gasteiger partial charge is 0.434 e. The molecule has 0 saturated carbocycles. The summed E-state index contributed by atoms with van der Waals surface area (Å²) in [5.41, 5.74) is -1.34. The van der Waals surface area contributed by atoms with Crippen molar-refractivity contribution in [2.24, 2.45) is 0 Å². The van der Waals surface area contributed by atoms with Crippen molar-refractivity contribution in [2.45, 2.75) is 26.1 Å². The zero-order valence-electron chi connectivity index (χ0n) is 11.4. The number of carbonyl (C=O) groups is 1. The van der Waals surface area contributed by atoms with Crippen LogP contribution in [0.3, 0.4) is 0 Å². The maximum atomic E-state index is 13.0. The Balaban J connectivity index is 3.03. The molecule has 4 nitrogen and oxygen atoms in total. The number of hydrogen-bond donors (Lipinski definition) is 1. The van der Waals surface area contributed by atoms with Crippen LogP contribution in [0.4, 0.5) is 13.2 Å². The Morgan fingerprint density at radius 1 is 1.45 bits per heavy atom. The van der Waals surface area contributed by atoms with Gasteiger partial charge in [-0.05, 0) is 26.0 Å². The van der Waals surface area contributed by atoms with Gasteiger partial charge in [0, 0.05) is 19.7 Å². The van der Waals surface area contributed by atoms with Gasteiger partial charge in [-0.25, -0.2) is 4.39 Å². The molecule has 1 rings (SSSR count). The number of rotatable bonds is 5. The van der Waals surface area contributed by atoms with Gasteiger partial charge in [0.15, 0.2) is 0 Å². The molecule has 1 N–H and O–H groups in total. The molecule has 1 amide bonds. The van der Waals surface area contributed by atoms with Crippen molar-refractivity contribution in [1.82, 2.24) is 4.90 Å². The number of nitrogens with zero attached hydrogens (tertiary/aromatic N) is 1. The zero-order chi connectivity index (χ0) is 15.5. The van der Waals surface area contributed by atoms with Gasteiger partial charge in [0.1, 0.15) is 11.6 Å². The summed E-state index contributed by atoms with van der Waals surface area (Å²) in [4.78, 5) is 13.2. The average molecular weight is 291 g/mol. The van der Waals surface area contributed by atoms with Crippen molar-refractivity contribution in [1.29, 1.82) is 0 Å². The van der Waals surface area contributed by atoms with Crippen molar-refractivity contribution >= 4 is 5.91 Å². The Kier molecular flexibility index (Phi) is 4.99. The predicted molar refractivity (Wildman–Crippen MR) is 66.3 cm³/mol. The molecular weight excluding hydrogens is 275 g/mol. The minimum absolute atomic E-state index is 0.0165. The van der Waals surface area contributed by atoms with Gasteiger partial charge in [-0.15, -0.1) is 0 Å². The first-order chi connectivity index (χ1) is 9.10. The van der Waals surface area contributed by atoms with E-state index in [0.29, 0.717) is 0 Å².